The number of nitrogens with one attached hydrogen (secondary N) is 1. The molecule has 1 saturated heterocycles. The van der Waals surface area contributed by atoms with Gasteiger partial charge in [0, 0.05) is 0 Å². The molecule has 0 atom stereocenters. The van der Waals surface area contributed by atoms with Gasteiger partial charge < -0.3 is 10.1 Å². The van der Waals surface area contributed by atoms with Crippen molar-refractivity contribution in [3.63, 3.8) is 0 Å². The molecule has 2 nitrogen and oxygen atoms in total. The Morgan fingerprint density at radius 1 is 1.22 bits per heavy atom. The van der Waals surface area contributed by atoms with E-state index >= 15 is 0 Å². The van der Waals surface area contributed by atoms with Crippen LogP contribution in [0.15, 0.2) is 18.2 Å². The SMILES string of the molecule is Cc1cc(OCC(C)C)cc(C2CCNCC2)c1. The van der Waals surface area contributed by atoms with Crippen LogP contribution >= 0.6 is 0 Å². The maximum Gasteiger partial charge on any atom is 0.119 e. The Labute approximate surface area is 111 Å². The Bertz CT molecular complexity index is 381. The summed E-state index contributed by atoms with van der Waals surface area (Å²) in [5, 5.41) is 3.42. The summed E-state index contributed by atoms with van der Waals surface area (Å²) in [5.41, 5.74) is 2.76. The maximum atomic E-state index is 5.86. The Balaban J connectivity index is 2.09. The van der Waals surface area contributed by atoms with Gasteiger partial charge in [0.1, 0.15) is 5.75 Å². The van der Waals surface area contributed by atoms with Crippen molar-refractivity contribution >= 4 is 0 Å². The van der Waals surface area contributed by atoms with Crippen LogP contribution in [0.4, 0.5) is 0 Å². The number of aryl methyl sites for hydroxylation is 1. The number of hydrogen-bond donors (Lipinski definition) is 1. The fourth-order valence-electron chi connectivity index (χ4n) is 2.51. The summed E-state index contributed by atoms with van der Waals surface area (Å²) in [6, 6.07) is 6.70. The van der Waals surface area contributed by atoms with Crippen LogP contribution in [0.1, 0.15) is 43.7 Å². The van der Waals surface area contributed by atoms with E-state index in [1.807, 2.05) is 0 Å². The zero-order valence-electron chi connectivity index (χ0n) is 11.8. The highest BCUT2D eigenvalue weighted by Crippen LogP contribution is 2.29. The zero-order chi connectivity index (χ0) is 13.0. The average Bonchev–Trinajstić information content (AvgIpc) is 2.37. The van der Waals surface area contributed by atoms with E-state index in [4.69, 9.17) is 4.74 Å². The van der Waals surface area contributed by atoms with Crippen LogP contribution in [0.3, 0.4) is 0 Å². The molecule has 1 fully saturated rings. The van der Waals surface area contributed by atoms with Crippen molar-refractivity contribution < 1.29 is 4.74 Å². The van der Waals surface area contributed by atoms with Crippen molar-refractivity contribution in [2.75, 3.05) is 19.7 Å². The van der Waals surface area contributed by atoms with Crippen LogP contribution in [-0.4, -0.2) is 19.7 Å². The highest BCUT2D eigenvalue weighted by molar-refractivity contribution is 5.36. The molecule has 2 heteroatoms. The minimum atomic E-state index is 0.577. The van der Waals surface area contributed by atoms with Gasteiger partial charge in [0.15, 0.2) is 0 Å². The largest absolute Gasteiger partial charge is 0.493 e. The molecule has 2 rings (SSSR count). The molecule has 1 N–H and O–H groups in total. The molecule has 0 aliphatic carbocycles. The Kier molecular flexibility index (Phi) is 4.65. The molecular formula is C16H25NO. The number of benzene rings is 1. The summed E-state index contributed by atoms with van der Waals surface area (Å²) >= 11 is 0. The van der Waals surface area contributed by atoms with Crippen molar-refractivity contribution in [3.8, 4) is 5.75 Å². The third-order valence-corrected chi connectivity index (χ3v) is 3.47. The summed E-state index contributed by atoms with van der Waals surface area (Å²) in [6.45, 7) is 9.61. The lowest BCUT2D eigenvalue weighted by atomic mass is 9.89. The molecule has 0 radical (unpaired) electrons. The van der Waals surface area contributed by atoms with Crippen molar-refractivity contribution in [1.29, 1.82) is 0 Å². The van der Waals surface area contributed by atoms with Gasteiger partial charge in [-0.05, 0) is 68.0 Å². The second kappa shape index (κ2) is 6.24. The molecule has 1 aliphatic heterocycles. The van der Waals surface area contributed by atoms with Gasteiger partial charge in [-0.3, -0.25) is 0 Å². The van der Waals surface area contributed by atoms with Gasteiger partial charge in [-0.2, -0.15) is 0 Å². The first-order valence-electron chi connectivity index (χ1n) is 7.10. The van der Waals surface area contributed by atoms with Gasteiger partial charge in [-0.15, -0.1) is 0 Å². The summed E-state index contributed by atoms with van der Waals surface area (Å²) < 4.78 is 5.86. The van der Waals surface area contributed by atoms with Crippen LogP contribution in [0.25, 0.3) is 0 Å². The van der Waals surface area contributed by atoms with Crippen LogP contribution in [0.5, 0.6) is 5.75 Å². The maximum absolute atomic E-state index is 5.86. The van der Waals surface area contributed by atoms with E-state index < -0.39 is 0 Å². The monoisotopic (exact) mass is 247 g/mol. The van der Waals surface area contributed by atoms with E-state index in [1.54, 1.807) is 0 Å². The summed E-state index contributed by atoms with van der Waals surface area (Å²) in [6.07, 6.45) is 2.49. The summed E-state index contributed by atoms with van der Waals surface area (Å²) in [7, 11) is 0. The second-order valence-electron chi connectivity index (χ2n) is 5.81. The van der Waals surface area contributed by atoms with Crippen LogP contribution < -0.4 is 10.1 Å². The first-order valence-corrected chi connectivity index (χ1v) is 7.10. The standard InChI is InChI=1S/C16H25NO/c1-12(2)11-18-16-9-13(3)8-15(10-16)14-4-6-17-7-5-14/h8-10,12,14,17H,4-7,11H2,1-3H3. The number of rotatable bonds is 4. The number of ether oxygens (including phenoxy) is 1. The van der Waals surface area contributed by atoms with Crippen molar-refractivity contribution in [2.45, 2.75) is 39.5 Å². The topological polar surface area (TPSA) is 21.3 Å². The Morgan fingerprint density at radius 3 is 2.61 bits per heavy atom. The molecule has 1 aromatic carbocycles. The fraction of sp³-hybridized carbons (Fsp3) is 0.625. The average molecular weight is 247 g/mol. The van der Waals surface area contributed by atoms with E-state index in [9.17, 15) is 0 Å². The van der Waals surface area contributed by atoms with Crippen molar-refractivity contribution in [3.05, 3.63) is 29.3 Å². The lowest BCUT2D eigenvalue weighted by molar-refractivity contribution is 0.270. The molecule has 0 unspecified atom stereocenters. The highest BCUT2D eigenvalue weighted by Gasteiger charge is 2.16. The van der Waals surface area contributed by atoms with Crippen LogP contribution in [0, 0.1) is 12.8 Å². The Morgan fingerprint density at radius 2 is 1.94 bits per heavy atom. The van der Waals surface area contributed by atoms with Gasteiger partial charge in [0.2, 0.25) is 0 Å². The molecule has 100 valence electrons. The highest BCUT2D eigenvalue weighted by atomic mass is 16.5. The lowest BCUT2D eigenvalue weighted by Gasteiger charge is -2.24. The van der Waals surface area contributed by atoms with E-state index in [0.717, 1.165) is 25.4 Å². The van der Waals surface area contributed by atoms with Crippen molar-refractivity contribution in [1.82, 2.24) is 5.32 Å². The van der Waals surface area contributed by atoms with E-state index in [-0.39, 0.29) is 0 Å². The number of hydrogen-bond acceptors (Lipinski definition) is 2. The summed E-state index contributed by atoms with van der Waals surface area (Å²) in [4.78, 5) is 0. The predicted molar refractivity (Wildman–Crippen MR) is 76.4 cm³/mol. The minimum Gasteiger partial charge on any atom is -0.493 e. The molecule has 0 amide bonds. The van der Waals surface area contributed by atoms with Crippen LogP contribution in [-0.2, 0) is 0 Å². The second-order valence-corrected chi connectivity index (χ2v) is 5.81. The van der Waals surface area contributed by atoms with E-state index in [0.29, 0.717) is 11.8 Å². The third kappa shape index (κ3) is 3.74. The quantitative estimate of drug-likeness (QED) is 0.879. The van der Waals surface area contributed by atoms with Crippen molar-refractivity contribution in [2.24, 2.45) is 5.92 Å². The Hall–Kier alpha value is -1.02. The first kappa shape index (κ1) is 13.4. The normalized spacial score (nSPS) is 17.1. The molecule has 0 spiro atoms. The fourth-order valence-corrected chi connectivity index (χ4v) is 2.51. The third-order valence-electron chi connectivity index (χ3n) is 3.47. The molecule has 0 saturated carbocycles. The van der Waals surface area contributed by atoms with Gasteiger partial charge in [-0.1, -0.05) is 19.9 Å². The molecule has 0 aromatic heterocycles. The molecule has 1 heterocycles. The molecule has 1 aliphatic rings. The molecular weight excluding hydrogens is 222 g/mol. The molecule has 18 heavy (non-hydrogen) atoms. The van der Waals surface area contributed by atoms with Gasteiger partial charge >= 0.3 is 0 Å². The molecule has 0 bridgehead atoms. The van der Waals surface area contributed by atoms with Gasteiger partial charge in [-0.25, -0.2) is 0 Å². The van der Waals surface area contributed by atoms with E-state index in [1.165, 1.54) is 24.0 Å². The molecule has 1 aromatic rings. The van der Waals surface area contributed by atoms with Crippen LogP contribution in [0.2, 0.25) is 0 Å². The first-order chi connectivity index (χ1) is 8.65. The van der Waals surface area contributed by atoms with Gasteiger partial charge in [0.25, 0.3) is 0 Å². The lowest BCUT2D eigenvalue weighted by Crippen LogP contribution is -2.26. The van der Waals surface area contributed by atoms with Gasteiger partial charge in [0.05, 0.1) is 6.61 Å². The number of piperidine rings is 1. The predicted octanol–water partition coefficient (Wildman–Crippen LogP) is 3.50. The van der Waals surface area contributed by atoms with E-state index in [2.05, 4.69) is 44.3 Å². The summed E-state index contributed by atoms with van der Waals surface area (Å²) in [5.74, 6) is 2.32. The smallest absolute Gasteiger partial charge is 0.119 e. The minimum absolute atomic E-state index is 0.577. The zero-order valence-corrected chi connectivity index (χ0v) is 11.8.